The molecule has 178 valence electrons. The lowest BCUT2D eigenvalue weighted by Crippen LogP contribution is -2.13. The Balaban J connectivity index is 1.78. The van der Waals surface area contributed by atoms with Gasteiger partial charge in [0.2, 0.25) is 0 Å². The van der Waals surface area contributed by atoms with Crippen molar-refractivity contribution in [3.05, 3.63) is 91.5 Å². The Morgan fingerprint density at radius 3 is 2.49 bits per heavy atom. The number of nitrogens with one attached hydrogen (secondary N) is 1. The van der Waals surface area contributed by atoms with Gasteiger partial charge in [0.25, 0.3) is 11.6 Å². The van der Waals surface area contributed by atoms with Gasteiger partial charge in [-0.15, -0.1) is 0 Å². The van der Waals surface area contributed by atoms with Crippen molar-refractivity contribution < 1.29 is 24.3 Å². The molecule has 0 unspecified atom stereocenters. The van der Waals surface area contributed by atoms with Crippen molar-refractivity contribution >= 4 is 46.6 Å². The maximum Gasteiger partial charge on any atom is 0.273 e. The van der Waals surface area contributed by atoms with Crippen LogP contribution in [0.2, 0.25) is 10.0 Å². The summed E-state index contributed by atoms with van der Waals surface area (Å²) in [5.41, 5.74) is 0.370. The van der Waals surface area contributed by atoms with Crippen molar-refractivity contribution in [3.8, 4) is 23.3 Å². The van der Waals surface area contributed by atoms with Crippen molar-refractivity contribution in [1.29, 1.82) is 5.26 Å². The Kier molecular flexibility index (Phi) is 8.15. The molecule has 35 heavy (non-hydrogen) atoms. The van der Waals surface area contributed by atoms with Gasteiger partial charge in [-0.1, -0.05) is 35.3 Å². The number of anilines is 1. The number of hydrogen-bond donors (Lipinski definition) is 2. The number of hydrogen-bond acceptors (Lipinski definition) is 7. The molecule has 0 heterocycles. The van der Waals surface area contributed by atoms with E-state index in [9.17, 15) is 25.3 Å². The number of ether oxygens (including phenoxy) is 2. The summed E-state index contributed by atoms with van der Waals surface area (Å²) < 4.78 is 11.2. The molecule has 3 aromatic carbocycles. The number of halogens is 2. The first-order chi connectivity index (χ1) is 16.7. The zero-order valence-electron chi connectivity index (χ0n) is 18.1. The Morgan fingerprint density at radius 1 is 1.17 bits per heavy atom. The maximum absolute atomic E-state index is 12.5. The third-order valence-corrected chi connectivity index (χ3v) is 5.45. The van der Waals surface area contributed by atoms with Crippen LogP contribution in [0.15, 0.2) is 60.2 Å². The number of methoxy groups -OCH3 is 1. The molecule has 0 bridgehead atoms. The van der Waals surface area contributed by atoms with Gasteiger partial charge in [0.15, 0.2) is 11.5 Å². The number of nitrogens with zero attached hydrogens (tertiary/aromatic N) is 2. The number of amides is 1. The van der Waals surface area contributed by atoms with Crippen LogP contribution in [0.4, 0.5) is 11.4 Å². The lowest BCUT2D eigenvalue weighted by Gasteiger charge is -2.13. The number of non-ortho nitro benzene ring substituents is 1. The number of rotatable bonds is 8. The molecule has 11 heteroatoms. The highest BCUT2D eigenvalue weighted by Gasteiger charge is 2.16. The van der Waals surface area contributed by atoms with E-state index in [1.807, 2.05) is 0 Å². The third kappa shape index (κ3) is 6.20. The number of aromatic hydroxyl groups is 1. The summed E-state index contributed by atoms with van der Waals surface area (Å²) in [5.74, 6) is -0.594. The molecule has 0 radical (unpaired) electrons. The predicted octanol–water partition coefficient (Wildman–Crippen LogP) is 5.74. The second-order valence-corrected chi connectivity index (χ2v) is 7.80. The number of nitro groups is 1. The molecule has 0 spiro atoms. The van der Waals surface area contributed by atoms with E-state index in [0.717, 1.165) is 12.1 Å². The van der Waals surface area contributed by atoms with Crippen LogP contribution in [0.5, 0.6) is 17.2 Å². The van der Waals surface area contributed by atoms with Gasteiger partial charge >= 0.3 is 0 Å². The molecule has 3 rings (SSSR count). The molecule has 9 nitrogen and oxygen atoms in total. The molecule has 1 amide bonds. The average molecular weight is 514 g/mol. The summed E-state index contributed by atoms with van der Waals surface area (Å²) in [6, 6.07) is 14.9. The minimum atomic E-state index is -0.815. The molecule has 0 fully saturated rings. The van der Waals surface area contributed by atoms with E-state index in [-0.39, 0.29) is 23.6 Å². The smallest absolute Gasteiger partial charge is 0.273 e. The van der Waals surface area contributed by atoms with Crippen LogP contribution in [0.25, 0.3) is 6.08 Å². The highest BCUT2D eigenvalue weighted by Crippen LogP contribution is 2.32. The van der Waals surface area contributed by atoms with Crippen molar-refractivity contribution in [2.24, 2.45) is 0 Å². The van der Waals surface area contributed by atoms with Crippen molar-refractivity contribution in [1.82, 2.24) is 0 Å². The van der Waals surface area contributed by atoms with Crippen molar-refractivity contribution in [2.75, 3.05) is 12.4 Å². The lowest BCUT2D eigenvalue weighted by molar-refractivity contribution is -0.384. The summed E-state index contributed by atoms with van der Waals surface area (Å²) >= 11 is 12.3. The summed E-state index contributed by atoms with van der Waals surface area (Å²) in [6.45, 7) is 0.0919. The average Bonchev–Trinajstić information content (AvgIpc) is 2.83. The fraction of sp³-hybridized carbons (Fsp3) is 0.0833. The Labute approximate surface area is 209 Å². The van der Waals surface area contributed by atoms with Crippen LogP contribution in [-0.4, -0.2) is 23.0 Å². The van der Waals surface area contributed by atoms with Crippen molar-refractivity contribution in [3.63, 3.8) is 0 Å². The SMILES string of the molecule is COc1cc(/C=C(\C#N)C(=O)Nc2ccc([N+](=O)[O-])cc2O)ccc1OCc1c(Cl)cccc1Cl. The highest BCUT2D eigenvalue weighted by atomic mass is 35.5. The summed E-state index contributed by atoms with van der Waals surface area (Å²) in [7, 11) is 1.44. The van der Waals surface area contributed by atoms with Gasteiger partial charge in [-0.05, 0) is 42.0 Å². The maximum atomic E-state index is 12.5. The topological polar surface area (TPSA) is 135 Å². The van der Waals surface area contributed by atoms with E-state index in [4.69, 9.17) is 32.7 Å². The standard InChI is InChI=1S/C24H17Cl2N3O6/c1-34-23-10-14(5-8-22(23)35-13-17-18(25)3-2-4-19(17)26)9-15(12-27)24(31)28-20-7-6-16(29(32)33)11-21(20)30/h2-11,30H,13H2,1H3,(H,28,31)/b15-9+. The molecule has 0 atom stereocenters. The van der Waals surface area contributed by atoms with Crippen LogP contribution in [-0.2, 0) is 11.4 Å². The van der Waals surface area contributed by atoms with Gasteiger partial charge in [-0.25, -0.2) is 0 Å². The zero-order chi connectivity index (χ0) is 25.5. The minimum Gasteiger partial charge on any atom is -0.506 e. The van der Waals surface area contributed by atoms with Crippen molar-refractivity contribution in [2.45, 2.75) is 6.61 Å². The summed E-state index contributed by atoms with van der Waals surface area (Å²) in [5, 5.41) is 33.4. The molecule has 2 N–H and O–H groups in total. The van der Waals surface area contributed by atoms with E-state index in [1.165, 1.54) is 19.3 Å². The van der Waals surface area contributed by atoms with Crippen LogP contribution >= 0.6 is 23.2 Å². The van der Waals surface area contributed by atoms with E-state index in [2.05, 4.69) is 5.32 Å². The van der Waals surface area contributed by atoms with Crippen LogP contribution < -0.4 is 14.8 Å². The second kappa shape index (κ2) is 11.2. The number of nitro benzene ring substituents is 1. The van der Waals surface area contributed by atoms with Crippen LogP contribution in [0.3, 0.4) is 0 Å². The number of nitriles is 1. The van der Waals surface area contributed by atoms with E-state index < -0.39 is 16.6 Å². The second-order valence-electron chi connectivity index (χ2n) is 6.98. The van der Waals surface area contributed by atoms with E-state index >= 15 is 0 Å². The molecule has 0 aromatic heterocycles. The monoisotopic (exact) mass is 513 g/mol. The Bertz CT molecular complexity index is 1350. The van der Waals surface area contributed by atoms with E-state index in [0.29, 0.717) is 32.7 Å². The molecule has 0 saturated heterocycles. The number of carbonyl (C=O) groups excluding carboxylic acids is 1. The van der Waals surface area contributed by atoms with Gasteiger partial charge in [0, 0.05) is 21.7 Å². The number of phenolic OH excluding ortho intramolecular Hbond substituents is 1. The minimum absolute atomic E-state index is 0.0821. The number of carbonyl (C=O) groups is 1. The molecule has 0 aliphatic rings. The normalized spacial score (nSPS) is 10.9. The summed E-state index contributed by atoms with van der Waals surface area (Å²) in [4.78, 5) is 22.6. The number of phenols is 1. The first-order valence-corrected chi connectivity index (χ1v) is 10.6. The Morgan fingerprint density at radius 2 is 1.89 bits per heavy atom. The quantitative estimate of drug-likeness (QED) is 0.129. The van der Waals surface area contributed by atoms with Gasteiger partial charge in [0.1, 0.15) is 24.0 Å². The van der Waals surface area contributed by atoms with Gasteiger partial charge in [0.05, 0.1) is 23.8 Å². The van der Waals surface area contributed by atoms with Gasteiger partial charge in [-0.3, -0.25) is 14.9 Å². The third-order valence-electron chi connectivity index (χ3n) is 4.74. The molecule has 0 saturated carbocycles. The first kappa shape index (κ1) is 25.4. The van der Waals surface area contributed by atoms with Gasteiger partial charge < -0.3 is 19.9 Å². The lowest BCUT2D eigenvalue weighted by atomic mass is 10.1. The fourth-order valence-electron chi connectivity index (χ4n) is 2.96. The predicted molar refractivity (Wildman–Crippen MR) is 131 cm³/mol. The van der Waals surface area contributed by atoms with Crippen LogP contribution in [0.1, 0.15) is 11.1 Å². The molecular formula is C24H17Cl2N3O6. The molecule has 0 aliphatic carbocycles. The first-order valence-electron chi connectivity index (χ1n) is 9.87. The molecule has 0 aliphatic heterocycles. The fourth-order valence-corrected chi connectivity index (χ4v) is 3.46. The zero-order valence-corrected chi connectivity index (χ0v) is 19.6. The van der Waals surface area contributed by atoms with Crippen LogP contribution in [0, 0.1) is 21.4 Å². The molecular weight excluding hydrogens is 497 g/mol. The highest BCUT2D eigenvalue weighted by molar-refractivity contribution is 6.35. The Hall–Kier alpha value is -4.26. The summed E-state index contributed by atoms with van der Waals surface area (Å²) in [6.07, 6.45) is 1.31. The van der Waals surface area contributed by atoms with E-state index in [1.54, 1.807) is 42.5 Å². The number of benzene rings is 3. The molecule has 3 aromatic rings. The van der Waals surface area contributed by atoms with Gasteiger partial charge in [-0.2, -0.15) is 5.26 Å². The largest absolute Gasteiger partial charge is 0.506 e.